The predicted molar refractivity (Wildman–Crippen MR) is 70.1 cm³/mol. The summed E-state index contributed by atoms with van der Waals surface area (Å²) in [6.45, 7) is 0.755. The minimum Gasteiger partial charge on any atom is -0.371 e. The van der Waals surface area contributed by atoms with Gasteiger partial charge in [0.15, 0.2) is 0 Å². The molecule has 0 aromatic heterocycles. The summed E-state index contributed by atoms with van der Waals surface area (Å²) in [4.78, 5) is 0. The van der Waals surface area contributed by atoms with Gasteiger partial charge in [-0.1, -0.05) is 18.6 Å². The molecule has 0 spiro atoms. The van der Waals surface area contributed by atoms with E-state index >= 15 is 0 Å². The maximum atomic E-state index is 10.3. The Morgan fingerprint density at radius 1 is 1.40 bits per heavy atom. The van der Waals surface area contributed by atoms with Gasteiger partial charge in [-0.2, -0.15) is 8.42 Å². The fourth-order valence-corrected chi connectivity index (χ4v) is 1.77. The largest absolute Gasteiger partial charge is 0.371 e. The molecule has 0 heterocycles. The van der Waals surface area contributed by atoms with Crippen LogP contribution in [0.25, 0.3) is 0 Å². The van der Waals surface area contributed by atoms with Crippen molar-refractivity contribution >= 4 is 89.8 Å². The van der Waals surface area contributed by atoms with E-state index < -0.39 is 10.1 Å². The molecule has 0 bridgehead atoms. The molecule has 0 aliphatic carbocycles. The Morgan fingerprint density at radius 2 is 2.00 bits per heavy atom. The van der Waals surface area contributed by atoms with Crippen LogP contribution in [0.4, 0.5) is 0 Å². The van der Waals surface area contributed by atoms with Crippen LogP contribution in [0.15, 0.2) is 0 Å². The third kappa shape index (κ3) is 15.8. The molecule has 4 nitrogen and oxygen atoms in total. The van der Waals surface area contributed by atoms with Gasteiger partial charge in [0, 0.05) is 57.9 Å². The van der Waals surface area contributed by atoms with Gasteiger partial charge in [-0.15, -0.1) is 11.8 Å². The predicted octanol–water partition coefficient (Wildman–Crippen LogP) is 0.901. The molecule has 8 heteroatoms. The first kappa shape index (κ1) is 19.1. The van der Waals surface area contributed by atoms with E-state index in [4.69, 9.17) is 16.8 Å². The topological polar surface area (TPSA) is 66.4 Å². The smallest absolute Gasteiger partial charge is 0.264 e. The van der Waals surface area contributed by atoms with Crippen molar-refractivity contribution in [2.45, 2.75) is 19.3 Å². The Kier molecular flexibility index (Phi) is 13.9. The minimum absolute atomic E-state index is 0. The van der Waals surface area contributed by atoms with E-state index in [1.165, 1.54) is 11.8 Å². The van der Waals surface area contributed by atoms with Gasteiger partial charge in [0.25, 0.3) is 10.1 Å². The second-order valence-corrected chi connectivity index (χ2v) is 5.82. The second kappa shape index (κ2) is 10.9. The molecular formula is C7H15KNO3S3. The maximum Gasteiger partial charge on any atom is 0.264 e. The van der Waals surface area contributed by atoms with Crippen LogP contribution in [0.1, 0.15) is 19.3 Å². The van der Waals surface area contributed by atoms with E-state index in [9.17, 15) is 8.42 Å². The van der Waals surface area contributed by atoms with Crippen LogP contribution in [-0.4, -0.2) is 87.2 Å². The molecule has 0 atom stereocenters. The molecule has 15 heavy (non-hydrogen) atoms. The van der Waals surface area contributed by atoms with Crippen LogP contribution in [0.5, 0.6) is 0 Å². The summed E-state index contributed by atoms with van der Waals surface area (Å²) in [5.74, 6) is -0.153. The average Bonchev–Trinajstić information content (AvgIpc) is 2.08. The van der Waals surface area contributed by atoms with Gasteiger partial charge in [-0.05, 0) is 19.1 Å². The van der Waals surface area contributed by atoms with Gasteiger partial charge >= 0.3 is 0 Å². The van der Waals surface area contributed by atoms with Crippen molar-refractivity contribution in [1.29, 1.82) is 0 Å². The summed E-state index contributed by atoms with van der Waals surface area (Å²) in [5.41, 5.74) is 0. The fourth-order valence-electron chi connectivity index (χ4n) is 0.849. The first-order valence-corrected chi connectivity index (χ1v) is 7.47. The van der Waals surface area contributed by atoms with Crippen LogP contribution in [-0.2, 0) is 10.1 Å². The molecule has 0 saturated heterocycles. The monoisotopic (exact) mass is 296 g/mol. The number of nitrogens with one attached hydrogen (secondary N) is 1. The number of hydrogen-bond donors (Lipinski definition) is 2. The van der Waals surface area contributed by atoms with Crippen LogP contribution < -0.4 is 5.32 Å². The van der Waals surface area contributed by atoms with E-state index in [1.54, 1.807) is 0 Å². The molecule has 85 valence electrons. The molecule has 0 amide bonds. The number of unbranched alkanes of at least 4 members (excludes halogenated alkanes) is 2. The summed E-state index contributed by atoms with van der Waals surface area (Å²) in [6, 6.07) is 0. The van der Waals surface area contributed by atoms with Crippen LogP contribution in [0.3, 0.4) is 0 Å². The number of rotatable bonds is 6. The van der Waals surface area contributed by atoms with Crippen molar-refractivity contribution in [2.24, 2.45) is 0 Å². The minimum atomic E-state index is -3.78. The maximum absolute atomic E-state index is 10.3. The van der Waals surface area contributed by atoms with E-state index in [-0.39, 0.29) is 57.1 Å². The van der Waals surface area contributed by atoms with Crippen molar-refractivity contribution in [3.8, 4) is 0 Å². The molecule has 0 aromatic carbocycles. The zero-order chi connectivity index (χ0) is 11.0. The summed E-state index contributed by atoms with van der Waals surface area (Å²) in [7, 11) is -3.78. The third-order valence-corrected chi connectivity index (χ3v) is 3.50. The summed E-state index contributed by atoms with van der Waals surface area (Å²) < 4.78 is 29.9. The molecule has 0 saturated carbocycles. The molecule has 1 radical (unpaired) electrons. The molecule has 0 aliphatic rings. The second-order valence-electron chi connectivity index (χ2n) is 2.77. The Labute approximate surface area is 144 Å². The van der Waals surface area contributed by atoms with Crippen molar-refractivity contribution in [3.63, 3.8) is 0 Å². The number of thioether (sulfide) groups is 1. The van der Waals surface area contributed by atoms with Gasteiger partial charge in [-0.25, -0.2) is 0 Å². The van der Waals surface area contributed by atoms with Gasteiger partial charge in [-0.3, -0.25) is 4.55 Å². The van der Waals surface area contributed by atoms with Crippen LogP contribution >= 0.6 is 24.0 Å². The van der Waals surface area contributed by atoms with Gasteiger partial charge < -0.3 is 5.32 Å². The Bertz CT molecular complexity index is 269. The molecule has 0 aliphatic heterocycles. The fraction of sp³-hybridized carbons (Fsp3) is 0.857. The zero-order valence-corrected chi connectivity index (χ0v) is 14.6. The van der Waals surface area contributed by atoms with Crippen molar-refractivity contribution in [3.05, 3.63) is 0 Å². The van der Waals surface area contributed by atoms with E-state index in [0.29, 0.717) is 6.42 Å². The first-order valence-electron chi connectivity index (χ1n) is 4.22. The Morgan fingerprint density at radius 3 is 2.47 bits per heavy atom. The van der Waals surface area contributed by atoms with Gasteiger partial charge in [0.1, 0.15) is 4.32 Å². The van der Waals surface area contributed by atoms with Crippen molar-refractivity contribution < 1.29 is 13.0 Å². The average molecular weight is 296 g/mol. The third-order valence-electron chi connectivity index (χ3n) is 1.53. The summed E-state index contributed by atoms with van der Waals surface area (Å²) in [5, 5.41) is 3.01. The van der Waals surface area contributed by atoms with Crippen molar-refractivity contribution in [2.75, 3.05) is 18.6 Å². The standard InChI is InChI=1S/C7H15NO3S3.K/c1-13-7(12)8-5-3-2-4-6-14(9,10)11;/h2-6H2,1H3,(H,8,12)(H,9,10,11);. The molecule has 0 unspecified atom stereocenters. The van der Waals surface area contributed by atoms with Crippen LogP contribution in [0, 0.1) is 0 Å². The number of thiocarbonyl (C=S) groups is 1. The quantitative estimate of drug-likeness (QED) is 0.329. The van der Waals surface area contributed by atoms with Crippen LogP contribution in [0.2, 0.25) is 0 Å². The molecular weight excluding hydrogens is 281 g/mol. The van der Waals surface area contributed by atoms with Crippen molar-refractivity contribution in [1.82, 2.24) is 5.32 Å². The Balaban J connectivity index is 0. The SMILES string of the molecule is CSC(=S)NCCCCCS(=O)(=O)O.[K]. The number of hydrogen-bond acceptors (Lipinski definition) is 4. The van der Waals surface area contributed by atoms with E-state index in [1.807, 2.05) is 6.26 Å². The van der Waals surface area contributed by atoms with Gasteiger partial charge in [0.2, 0.25) is 0 Å². The summed E-state index contributed by atoms with van der Waals surface area (Å²) in [6.07, 6.45) is 4.01. The molecule has 0 aromatic rings. The first-order chi connectivity index (χ1) is 6.45. The molecule has 0 rings (SSSR count). The normalized spacial score (nSPS) is 10.5. The Hall–Kier alpha value is 1.79. The molecule has 2 N–H and O–H groups in total. The van der Waals surface area contributed by atoms with Gasteiger partial charge in [0.05, 0.1) is 5.75 Å². The molecule has 0 fully saturated rings. The summed E-state index contributed by atoms with van der Waals surface area (Å²) >= 11 is 6.39. The van der Waals surface area contributed by atoms with E-state index in [0.717, 1.165) is 23.7 Å². The van der Waals surface area contributed by atoms with E-state index in [2.05, 4.69) is 5.32 Å². The zero-order valence-electron chi connectivity index (χ0n) is 9.02.